The molecule has 4 rings (SSSR count). The van der Waals surface area contributed by atoms with Gasteiger partial charge in [-0.3, -0.25) is 4.79 Å². The zero-order valence-corrected chi connectivity index (χ0v) is 18.8. The molecule has 0 aliphatic heterocycles. The molecule has 0 aromatic heterocycles. The molecular formula is C26H22ClN3O4. The maximum absolute atomic E-state index is 12.3. The summed E-state index contributed by atoms with van der Waals surface area (Å²) in [6.07, 6.45) is 1.58. The van der Waals surface area contributed by atoms with Gasteiger partial charge in [0.2, 0.25) is 0 Å². The number of phenolic OH excluding ortho intramolecular Hbond substituents is 3. The van der Waals surface area contributed by atoms with E-state index in [-0.39, 0.29) is 27.8 Å². The minimum absolute atomic E-state index is 0.0917. The number of carbonyl (C=O) groups excluding carboxylic acids is 1. The molecule has 4 aromatic carbocycles. The second kappa shape index (κ2) is 10.2. The minimum atomic E-state index is -0.441. The third-order valence-corrected chi connectivity index (χ3v) is 5.61. The fourth-order valence-corrected chi connectivity index (χ4v) is 3.73. The highest BCUT2D eigenvalue weighted by molar-refractivity contribution is 6.32. The molecule has 0 radical (unpaired) electrons. The Balaban J connectivity index is 1.46. The van der Waals surface area contributed by atoms with Crippen LogP contribution in [0, 0.1) is 0 Å². The molecule has 0 atom stereocenters. The van der Waals surface area contributed by atoms with Crippen molar-refractivity contribution in [2.45, 2.75) is 13.1 Å². The first-order valence-electron chi connectivity index (χ1n) is 10.5. The van der Waals surface area contributed by atoms with Gasteiger partial charge in [-0.25, -0.2) is 5.43 Å². The largest absolute Gasteiger partial charge is 0.506 e. The Labute approximate surface area is 200 Å². The average Bonchev–Trinajstić information content (AvgIpc) is 2.84. The third kappa shape index (κ3) is 5.28. The summed E-state index contributed by atoms with van der Waals surface area (Å²) in [5.74, 6) is -0.823. The zero-order valence-electron chi connectivity index (χ0n) is 18.0. The highest BCUT2D eigenvalue weighted by Gasteiger charge is 2.08. The standard InChI is InChI=1S/C26H22ClN3O4/c27-22-12-17(8-10-23(22)31)26(34)30-29-15-19-7-6-18(20-3-1-2-4-21(19)20)14-28-13-16-5-9-24(32)25(33)11-16/h1-12,15,28,31-33H,13-14H2,(H,30,34)/b29-15+. The number of nitrogens with one attached hydrogen (secondary N) is 2. The predicted octanol–water partition coefficient (Wildman–Crippen LogP) is 4.66. The van der Waals surface area contributed by atoms with Crippen LogP contribution in [0.1, 0.15) is 27.0 Å². The van der Waals surface area contributed by atoms with Crippen molar-refractivity contribution in [3.05, 3.63) is 100 Å². The monoisotopic (exact) mass is 475 g/mol. The second-order valence-corrected chi connectivity index (χ2v) is 8.06. The van der Waals surface area contributed by atoms with Crippen LogP contribution in [0.3, 0.4) is 0 Å². The van der Waals surface area contributed by atoms with Crippen LogP contribution < -0.4 is 10.7 Å². The van der Waals surface area contributed by atoms with E-state index in [1.807, 2.05) is 36.4 Å². The molecule has 0 saturated heterocycles. The smallest absolute Gasteiger partial charge is 0.271 e. The second-order valence-electron chi connectivity index (χ2n) is 7.65. The van der Waals surface area contributed by atoms with Crippen LogP contribution in [-0.4, -0.2) is 27.4 Å². The number of benzene rings is 4. The molecule has 172 valence electrons. The summed E-state index contributed by atoms with van der Waals surface area (Å²) in [6, 6.07) is 20.8. The normalized spacial score (nSPS) is 11.2. The minimum Gasteiger partial charge on any atom is -0.506 e. The topological polar surface area (TPSA) is 114 Å². The van der Waals surface area contributed by atoms with Crippen molar-refractivity contribution in [1.82, 2.24) is 10.7 Å². The van der Waals surface area contributed by atoms with E-state index in [9.17, 15) is 20.1 Å². The molecule has 4 aromatic rings. The van der Waals surface area contributed by atoms with E-state index in [0.29, 0.717) is 13.1 Å². The Kier molecular flexibility index (Phi) is 6.96. The van der Waals surface area contributed by atoms with Gasteiger partial charge in [0.25, 0.3) is 5.91 Å². The number of hydrogen-bond acceptors (Lipinski definition) is 6. The first-order chi connectivity index (χ1) is 16.4. The molecular weight excluding hydrogens is 454 g/mol. The summed E-state index contributed by atoms with van der Waals surface area (Å²) in [5.41, 5.74) is 5.54. The van der Waals surface area contributed by atoms with E-state index in [2.05, 4.69) is 15.8 Å². The van der Waals surface area contributed by atoms with Crippen LogP contribution in [-0.2, 0) is 13.1 Å². The number of nitrogens with zero attached hydrogens (tertiary/aromatic N) is 1. The van der Waals surface area contributed by atoms with Gasteiger partial charge in [0.15, 0.2) is 11.5 Å². The number of hydrazone groups is 1. The third-order valence-electron chi connectivity index (χ3n) is 5.31. The van der Waals surface area contributed by atoms with E-state index in [0.717, 1.165) is 27.5 Å². The Morgan fingerprint density at radius 3 is 2.38 bits per heavy atom. The van der Waals surface area contributed by atoms with E-state index < -0.39 is 5.91 Å². The van der Waals surface area contributed by atoms with Crippen molar-refractivity contribution in [3.8, 4) is 17.2 Å². The average molecular weight is 476 g/mol. The van der Waals surface area contributed by atoms with Gasteiger partial charge < -0.3 is 20.6 Å². The summed E-state index contributed by atoms with van der Waals surface area (Å²) in [4.78, 5) is 12.3. The molecule has 1 amide bonds. The van der Waals surface area contributed by atoms with Crippen molar-refractivity contribution in [2.75, 3.05) is 0 Å². The Bertz CT molecular complexity index is 1390. The maximum Gasteiger partial charge on any atom is 0.271 e. The molecule has 0 aliphatic carbocycles. The molecule has 5 N–H and O–H groups in total. The molecule has 0 heterocycles. The summed E-state index contributed by atoms with van der Waals surface area (Å²) >= 11 is 5.86. The lowest BCUT2D eigenvalue weighted by Crippen LogP contribution is -2.17. The molecule has 0 bridgehead atoms. The first kappa shape index (κ1) is 23.1. The molecule has 8 heteroatoms. The molecule has 0 spiro atoms. The number of halogens is 1. The van der Waals surface area contributed by atoms with E-state index in [1.54, 1.807) is 12.3 Å². The number of aromatic hydroxyl groups is 3. The van der Waals surface area contributed by atoms with E-state index in [4.69, 9.17) is 11.6 Å². The van der Waals surface area contributed by atoms with Crippen LogP contribution in [0.15, 0.2) is 77.9 Å². The van der Waals surface area contributed by atoms with E-state index in [1.165, 1.54) is 30.3 Å². The lowest BCUT2D eigenvalue weighted by Gasteiger charge is -2.11. The summed E-state index contributed by atoms with van der Waals surface area (Å²) in [6.45, 7) is 1.12. The van der Waals surface area contributed by atoms with Crippen molar-refractivity contribution in [3.63, 3.8) is 0 Å². The fourth-order valence-electron chi connectivity index (χ4n) is 3.55. The van der Waals surface area contributed by atoms with Crippen LogP contribution >= 0.6 is 11.6 Å². The van der Waals surface area contributed by atoms with Gasteiger partial charge in [-0.15, -0.1) is 0 Å². The molecule has 34 heavy (non-hydrogen) atoms. The van der Waals surface area contributed by atoms with Gasteiger partial charge in [-0.2, -0.15) is 5.10 Å². The SMILES string of the molecule is O=C(N/N=C/c1ccc(CNCc2ccc(O)c(O)c2)c2ccccc12)c1ccc(O)c(Cl)c1. The quantitative estimate of drug-likeness (QED) is 0.151. The molecule has 0 unspecified atom stereocenters. The summed E-state index contributed by atoms with van der Waals surface area (Å²) in [7, 11) is 0. The van der Waals surface area contributed by atoms with Gasteiger partial charge in [-0.05, 0) is 52.2 Å². The number of hydrogen-bond donors (Lipinski definition) is 5. The number of fused-ring (bicyclic) bond motifs is 1. The van der Waals surface area contributed by atoms with Crippen molar-refractivity contribution in [1.29, 1.82) is 0 Å². The Morgan fingerprint density at radius 2 is 1.62 bits per heavy atom. The predicted molar refractivity (Wildman–Crippen MR) is 132 cm³/mol. The Hall–Kier alpha value is -4.07. The highest BCUT2D eigenvalue weighted by atomic mass is 35.5. The van der Waals surface area contributed by atoms with Gasteiger partial charge in [0.1, 0.15) is 5.75 Å². The van der Waals surface area contributed by atoms with Crippen molar-refractivity contribution < 1.29 is 20.1 Å². The molecule has 0 fully saturated rings. The fraction of sp³-hybridized carbons (Fsp3) is 0.0769. The number of phenols is 3. The first-order valence-corrected chi connectivity index (χ1v) is 10.8. The summed E-state index contributed by atoms with van der Waals surface area (Å²) < 4.78 is 0. The highest BCUT2D eigenvalue weighted by Crippen LogP contribution is 2.26. The van der Waals surface area contributed by atoms with Crippen LogP contribution in [0.25, 0.3) is 10.8 Å². The van der Waals surface area contributed by atoms with Crippen LogP contribution in [0.5, 0.6) is 17.2 Å². The zero-order chi connectivity index (χ0) is 24.1. The lowest BCUT2D eigenvalue weighted by molar-refractivity contribution is 0.0955. The number of rotatable bonds is 7. The number of carbonyl (C=O) groups is 1. The lowest BCUT2D eigenvalue weighted by atomic mass is 10.00. The van der Waals surface area contributed by atoms with Crippen molar-refractivity contribution >= 4 is 34.5 Å². The summed E-state index contributed by atoms with van der Waals surface area (Å²) in [5, 5.41) is 38.1. The van der Waals surface area contributed by atoms with Crippen LogP contribution in [0.2, 0.25) is 5.02 Å². The Morgan fingerprint density at radius 1 is 0.853 bits per heavy atom. The van der Waals surface area contributed by atoms with Crippen LogP contribution in [0.4, 0.5) is 0 Å². The number of amides is 1. The van der Waals surface area contributed by atoms with Crippen molar-refractivity contribution in [2.24, 2.45) is 5.10 Å². The van der Waals surface area contributed by atoms with Gasteiger partial charge >= 0.3 is 0 Å². The molecule has 0 saturated carbocycles. The maximum atomic E-state index is 12.3. The molecule has 0 aliphatic rings. The van der Waals surface area contributed by atoms with Gasteiger partial charge in [0, 0.05) is 24.2 Å². The molecule has 7 nitrogen and oxygen atoms in total. The van der Waals surface area contributed by atoms with Gasteiger partial charge in [-0.1, -0.05) is 54.1 Å². The van der Waals surface area contributed by atoms with Gasteiger partial charge in [0.05, 0.1) is 11.2 Å². The van der Waals surface area contributed by atoms with E-state index >= 15 is 0 Å².